The third-order valence-corrected chi connectivity index (χ3v) is 10.9. The fourth-order valence-corrected chi connectivity index (χ4v) is 8.02. The highest BCUT2D eigenvalue weighted by Gasteiger charge is 2.25. The number of rotatable bonds is 4. The van der Waals surface area contributed by atoms with Crippen LogP contribution in [0.1, 0.15) is 112 Å². The van der Waals surface area contributed by atoms with Crippen LogP contribution in [0, 0.1) is 12.7 Å². The molecule has 0 bridgehead atoms. The molecule has 258 valence electrons. The van der Waals surface area contributed by atoms with Gasteiger partial charge in [-0.05, 0) is 96.7 Å². The van der Waals surface area contributed by atoms with Crippen LogP contribution in [0.3, 0.4) is 0 Å². The van der Waals surface area contributed by atoms with Crippen LogP contribution >= 0.6 is 9.39 Å². The molecule has 3 saturated heterocycles. The molecule has 0 aliphatic carbocycles. The predicted octanol–water partition coefficient (Wildman–Crippen LogP) is 11.2. The van der Waals surface area contributed by atoms with E-state index in [-0.39, 0.29) is 5.82 Å². The summed E-state index contributed by atoms with van der Waals surface area (Å²) in [6.45, 7) is 28.9. The van der Waals surface area contributed by atoms with Gasteiger partial charge in [0.15, 0.2) is 0 Å². The van der Waals surface area contributed by atoms with E-state index in [4.69, 9.17) is 0 Å². The highest BCUT2D eigenvalue weighted by atomic mass is 32.2. The lowest BCUT2D eigenvalue weighted by atomic mass is 10.00. The second-order valence-corrected chi connectivity index (χ2v) is 14.1. The molecule has 2 aromatic rings. The Hall–Kier alpha value is -2.08. The monoisotopic (exact) mass is 644 g/mol. The second kappa shape index (κ2) is 25.1. The summed E-state index contributed by atoms with van der Waals surface area (Å²) in [4.78, 5) is 6.46. The Morgan fingerprint density at radius 1 is 0.711 bits per heavy atom. The molecule has 3 aliphatic rings. The number of aryl methyl sites for hydroxylation is 1. The van der Waals surface area contributed by atoms with Crippen molar-refractivity contribution in [3.63, 3.8) is 0 Å². The maximum atomic E-state index is 11.9. The smallest absolute Gasteiger partial charge is 0.123 e. The van der Waals surface area contributed by atoms with Crippen LogP contribution in [-0.2, 0) is 0 Å². The average Bonchev–Trinajstić information content (AvgIpc) is 3.09. The molecular weight excluding hydrogens is 574 g/mol. The first-order valence-electron chi connectivity index (χ1n) is 17.9. The summed E-state index contributed by atoms with van der Waals surface area (Å²) < 4.78 is 14.4. The molecule has 0 amide bonds. The van der Waals surface area contributed by atoms with Gasteiger partial charge in [0.05, 0.1) is 0 Å². The molecule has 0 spiro atoms. The molecule has 3 heterocycles. The second-order valence-electron chi connectivity index (χ2n) is 11.5. The molecule has 1 unspecified atom stereocenters. The molecule has 45 heavy (non-hydrogen) atoms. The molecule has 0 radical (unpaired) electrons. The fraction of sp³-hybridized carbons (Fsp3) is 0.600. The molecule has 3 aliphatic heterocycles. The fourth-order valence-electron chi connectivity index (χ4n) is 5.83. The van der Waals surface area contributed by atoms with Gasteiger partial charge in [-0.15, -0.1) is 9.39 Å². The number of hydrogen-bond donors (Lipinski definition) is 0. The number of piperidine rings is 3. The molecule has 5 heteroatoms. The highest BCUT2D eigenvalue weighted by molar-refractivity contribution is 8.25. The van der Waals surface area contributed by atoms with Crippen molar-refractivity contribution in [1.29, 1.82) is 0 Å². The average molecular weight is 644 g/mol. The Kier molecular flexibility index (Phi) is 23.9. The molecule has 2 aromatic carbocycles. The van der Waals surface area contributed by atoms with E-state index in [1.54, 1.807) is 18.2 Å². The number of halogens is 1. The van der Waals surface area contributed by atoms with Crippen molar-refractivity contribution < 1.29 is 4.39 Å². The molecule has 5 rings (SSSR count). The van der Waals surface area contributed by atoms with Gasteiger partial charge >= 0.3 is 0 Å². The maximum Gasteiger partial charge on any atom is 0.123 e. The summed E-state index contributed by atoms with van der Waals surface area (Å²) in [5, 5.41) is 0. The molecule has 0 saturated carbocycles. The van der Waals surface area contributed by atoms with Crippen LogP contribution in [0.25, 0.3) is 0 Å². The normalized spacial score (nSPS) is 18.8. The van der Waals surface area contributed by atoms with Gasteiger partial charge in [0.2, 0.25) is 0 Å². The summed E-state index contributed by atoms with van der Waals surface area (Å²) in [5.74, 6) is 8.71. The lowest BCUT2D eigenvalue weighted by molar-refractivity contribution is 0.105. The number of hydrogen-bond acceptors (Lipinski definition) is 3. The van der Waals surface area contributed by atoms with E-state index in [1.807, 2.05) is 41.5 Å². The van der Waals surface area contributed by atoms with Crippen LogP contribution in [0.4, 0.5) is 4.39 Å². The topological polar surface area (TPSA) is 9.72 Å². The van der Waals surface area contributed by atoms with Gasteiger partial charge in [0.25, 0.3) is 0 Å². The molecule has 1 atom stereocenters. The largest absolute Gasteiger partial charge is 0.375 e. The van der Waals surface area contributed by atoms with Crippen LogP contribution in [-0.4, -0.2) is 70.7 Å². The molecule has 3 nitrogen and oxygen atoms in total. The quantitative estimate of drug-likeness (QED) is 0.307. The van der Waals surface area contributed by atoms with Gasteiger partial charge in [-0.2, -0.15) is 0 Å². The number of nitrogens with zero attached hydrogens (tertiary/aromatic N) is 3. The summed E-state index contributed by atoms with van der Waals surface area (Å²) >= 11 is 0. The molecule has 0 aromatic heterocycles. The third-order valence-electron chi connectivity index (χ3n) is 8.30. The summed E-state index contributed by atoms with van der Waals surface area (Å²) in [6.07, 6.45) is 10.9. The van der Waals surface area contributed by atoms with Crippen LogP contribution < -0.4 is 0 Å². The van der Waals surface area contributed by atoms with E-state index in [1.165, 1.54) is 106 Å². The lowest BCUT2D eigenvalue weighted by Crippen LogP contribution is -2.46. The Balaban J connectivity index is 0.000000629. The molecule has 0 N–H and O–H groups in total. The molecule has 3 fully saturated rings. The highest BCUT2D eigenvalue weighted by Crippen LogP contribution is 2.40. The van der Waals surface area contributed by atoms with E-state index in [0.29, 0.717) is 6.04 Å². The van der Waals surface area contributed by atoms with Crippen molar-refractivity contribution in [2.45, 2.75) is 131 Å². The Morgan fingerprint density at radius 3 is 1.67 bits per heavy atom. The van der Waals surface area contributed by atoms with E-state index < -0.39 is 9.39 Å². The third kappa shape index (κ3) is 15.9. The Bertz CT molecular complexity index is 1080. The van der Waals surface area contributed by atoms with Crippen molar-refractivity contribution in [3.8, 4) is 0 Å². The van der Waals surface area contributed by atoms with Crippen LogP contribution in [0.5, 0.6) is 0 Å². The Labute approximate surface area is 280 Å². The summed E-state index contributed by atoms with van der Waals surface area (Å²) in [7, 11) is -1.29. The van der Waals surface area contributed by atoms with Crippen molar-refractivity contribution in [2.75, 3.05) is 32.7 Å². The minimum atomic E-state index is -1.29. The van der Waals surface area contributed by atoms with Crippen molar-refractivity contribution in [2.24, 2.45) is 0 Å². The zero-order chi connectivity index (χ0) is 34.3. The van der Waals surface area contributed by atoms with E-state index in [9.17, 15) is 4.39 Å². The zero-order valence-corrected chi connectivity index (χ0v) is 31.6. The van der Waals surface area contributed by atoms with E-state index in [0.717, 1.165) is 12.6 Å². The number of allylic oxidation sites excluding steroid dienone is 1. The standard InChI is InChI=1S/C15H23NS.C13H24N2.C6H5F.3C2H6/c1-13-8-10-15(11-9-13)17(3,4)16-12-6-5-7-14(16)2;1-12(2)14-10-6-13(7-11-14)15-8-4-3-5-9-15;7-6-4-2-1-3-5-6;3*1-2/h8-11,14H,3-7,12H2,1-2H3;13H,1,3-11H2,2H3;1-5H;3*1-2H3. The first-order valence-corrected chi connectivity index (χ1v) is 19.8. The molecular formula is C40H70FN3S. The van der Waals surface area contributed by atoms with Crippen LogP contribution in [0.2, 0.25) is 0 Å². The van der Waals surface area contributed by atoms with Gasteiger partial charge in [0.1, 0.15) is 5.82 Å². The van der Waals surface area contributed by atoms with Gasteiger partial charge in [-0.1, -0.05) is 109 Å². The van der Waals surface area contributed by atoms with Crippen molar-refractivity contribution in [3.05, 3.63) is 78.3 Å². The predicted molar refractivity (Wildman–Crippen MR) is 207 cm³/mol. The van der Waals surface area contributed by atoms with Crippen molar-refractivity contribution in [1.82, 2.24) is 14.1 Å². The maximum absolute atomic E-state index is 11.9. The summed E-state index contributed by atoms with van der Waals surface area (Å²) in [5.41, 5.74) is 2.54. The SMILES string of the molecule is C=C(C)N1CCC(N2CCCCC2)CC1.C=S(=C)(c1ccc(C)cc1)N1CCCCC1C.CC.CC.CC.Fc1ccccc1. The van der Waals surface area contributed by atoms with E-state index >= 15 is 0 Å². The van der Waals surface area contributed by atoms with Gasteiger partial charge in [-0.3, -0.25) is 4.31 Å². The van der Waals surface area contributed by atoms with Crippen molar-refractivity contribution >= 4 is 21.1 Å². The van der Waals surface area contributed by atoms with Gasteiger partial charge in [-0.25, -0.2) is 4.39 Å². The van der Waals surface area contributed by atoms with E-state index in [2.05, 4.69) is 77.5 Å². The zero-order valence-electron chi connectivity index (χ0n) is 30.8. The van der Waals surface area contributed by atoms with Gasteiger partial charge in [0, 0.05) is 42.3 Å². The number of likely N-dealkylation sites (tertiary alicyclic amines) is 2. The lowest BCUT2D eigenvalue weighted by Gasteiger charge is -2.41. The first-order chi connectivity index (χ1) is 21.7. The number of benzene rings is 2. The minimum Gasteiger partial charge on any atom is -0.375 e. The van der Waals surface area contributed by atoms with Gasteiger partial charge < -0.3 is 9.80 Å². The summed E-state index contributed by atoms with van der Waals surface area (Å²) in [6, 6.07) is 18.2. The minimum absolute atomic E-state index is 0.178. The van der Waals surface area contributed by atoms with Crippen LogP contribution in [0.15, 0.2) is 71.8 Å². The Morgan fingerprint density at radius 2 is 1.22 bits per heavy atom. The first kappa shape index (κ1) is 42.9.